The summed E-state index contributed by atoms with van der Waals surface area (Å²) in [4.78, 5) is 11.0. The Balaban J connectivity index is 1.39. The first kappa shape index (κ1) is 24.3. The molecule has 5 heterocycles. The zero-order chi connectivity index (χ0) is 25.6. The van der Waals surface area contributed by atoms with E-state index in [-0.39, 0.29) is 16.5 Å². The SMILES string of the molecule is CN(C)CC12CCCCOc3cc(ccn3)-c3ccc4c(c3Nc3n[nH]c(n3)S(=O)(=O)N(C1)C2)CCC4. The van der Waals surface area contributed by atoms with Gasteiger partial charge in [-0.2, -0.15) is 9.29 Å². The number of aromatic nitrogens is 4. The van der Waals surface area contributed by atoms with Gasteiger partial charge in [-0.1, -0.05) is 12.1 Å². The zero-order valence-electron chi connectivity index (χ0n) is 21.3. The number of hydrogen-bond donors (Lipinski definition) is 2. The van der Waals surface area contributed by atoms with E-state index in [1.165, 1.54) is 15.4 Å². The van der Waals surface area contributed by atoms with Gasteiger partial charge in [-0.15, -0.1) is 5.10 Å². The van der Waals surface area contributed by atoms with Crippen LogP contribution in [0.3, 0.4) is 0 Å². The zero-order valence-corrected chi connectivity index (χ0v) is 22.1. The lowest BCUT2D eigenvalue weighted by atomic mass is 9.77. The summed E-state index contributed by atoms with van der Waals surface area (Å²) in [5.74, 6) is 0.848. The highest BCUT2D eigenvalue weighted by atomic mass is 32.2. The molecule has 1 aromatic carbocycles. The fourth-order valence-corrected chi connectivity index (χ4v) is 7.51. The molecule has 2 N–H and O–H groups in total. The second-order valence-electron chi connectivity index (χ2n) is 10.8. The van der Waals surface area contributed by atoms with E-state index in [9.17, 15) is 8.42 Å². The van der Waals surface area contributed by atoms with Gasteiger partial charge in [0.15, 0.2) is 0 Å². The lowest BCUT2D eigenvalue weighted by Gasteiger charge is -2.50. The number of ether oxygens (including phenoxy) is 1. The molecule has 196 valence electrons. The predicted molar refractivity (Wildman–Crippen MR) is 140 cm³/mol. The number of hydrogen-bond acceptors (Lipinski definition) is 8. The average molecular weight is 524 g/mol. The highest BCUT2D eigenvalue weighted by Gasteiger charge is 2.49. The molecule has 7 rings (SSSR count). The molecule has 0 atom stereocenters. The maximum absolute atomic E-state index is 13.4. The summed E-state index contributed by atoms with van der Waals surface area (Å²) in [6.07, 6.45) is 7.57. The number of fused-ring (bicyclic) bond motifs is 5. The van der Waals surface area contributed by atoms with E-state index in [0.29, 0.717) is 25.6 Å². The van der Waals surface area contributed by atoms with Crippen LogP contribution in [0, 0.1) is 5.41 Å². The second kappa shape index (κ2) is 9.38. The minimum absolute atomic E-state index is 0.0826. The highest BCUT2D eigenvalue weighted by Crippen LogP contribution is 2.41. The summed E-state index contributed by atoms with van der Waals surface area (Å²) < 4.78 is 34.3. The van der Waals surface area contributed by atoms with Gasteiger partial charge in [0.1, 0.15) is 0 Å². The Morgan fingerprint density at radius 1 is 1.14 bits per heavy atom. The maximum atomic E-state index is 13.4. The van der Waals surface area contributed by atoms with Crippen molar-refractivity contribution in [2.75, 3.05) is 45.7 Å². The monoisotopic (exact) mass is 523 g/mol. The third-order valence-corrected chi connectivity index (χ3v) is 9.25. The molecular weight excluding hydrogens is 490 g/mol. The van der Waals surface area contributed by atoms with Crippen molar-refractivity contribution >= 4 is 21.7 Å². The molecule has 1 saturated heterocycles. The second-order valence-corrected chi connectivity index (χ2v) is 12.6. The number of aryl methyl sites for hydroxylation is 1. The summed E-state index contributed by atoms with van der Waals surface area (Å²) in [5, 5.41) is 10.2. The third-order valence-electron chi connectivity index (χ3n) is 7.64. The number of H-pyrrole nitrogens is 1. The number of anilines is 2. The Morgan fingerprint density at radius 2 is 2.00 bits per heavy atom. The summed E-state index contributed by atoms with van der Waals surface area (Å²) in [5.41, 5.74) is 5.30. The molecular formula is C26H33N7O3S. The minimum atomic E-state index is -3.76. The van der Waals surface area contributed by atoms with Gasteiger partial charge in [0.25, 0.3) is 15.2 Å². The molecule has 0 saturated carbocycles. The number of sulfonamides is 1. The summed E-state index contributed by atoms with van der Waals surface area (Å²) >= 11 is 0. The van der Waals surface area contributed by atoms with Gasteiger partial charge in [0.2, 0.25) is 11.8 Å². The van der Waals surface area contributed by atoms with Crippen LogP contribution in [0.15, 0.2) is 35.6 Å². The van der Waals surface area contributed by atoms with E-state index in [0.717, 1.165) is 61.9 Å². The molecule has 37 heavy (non-hydrogen) atoms. The quantitative estimate of drug-likeness (QED) is 0.526. The number of benzene rings is 1. The number of nitrogens with one attached hydrogen (secondary N) is 2. The van der Waals surface area contributed by atoms with E-state index in [2.05, 4.69) is 42.5 Å². The number of aromatic amines is 1. The number of rotatable bonds is 2. The molecule has 3 aliphatic heterocycles. The molecule has 10 nitrogen and oxygen atoms in total. The molecule has 2 aromatic heterocycles. The van der Waals surface area contributed by atoms with Gasteiger partial charge in [-0.3, -0.25) is 0 Å². The van der Waals surface area contributed by atoms with Crippen LogP contribution in [0.25, 0.3) is 11.1 Å². The summed E-state index contributed by atoms with van der Waals surface area (Å²) in [7, 11) is 0.297. The molecule has 4 aliphatic rings. The Labute approximate surface area is 217 Å². The van der Waals surface area contributed by atoms with Crippen LogP contribution in [-0.2, 0) is 22.9 Å². The molecule has 3 aromatic rings. The van der Waals surface area contributed by atoms with Gasteiger partial charge in [-0.25, -0.2) is 18.5 Å². The van der Waals surface area contributed by atoms with Crippen molar-refractivity contribution in [2.45, 2.75) is 43.7 Å². The van der Waals surface area contributed by atoms with E-state index < -0.39 is 10.0 Å². The smallest absolute Gasteiger partial charge is 0.278 e. The molecule has 0 unspecified atom stereocenters. The molecule has 1 fully saturated rings. The molecule has 1 aliphatic carbocycles. The Hall–Kier alpha value is -3.02. The Morgan fingerprint density at radius 3 is 2.84 bits per heavy atom. The van der Waals surface area contributed by atoms with Crippen molar-refractivity contribution in [3.63, 3.8) is 0 Å². The minimum Gasteiger partial charge on any atom is -0.478 e. The summed E-state index contributed by atoms with van der Waals surface area (Å²) in [6, 6.07) is 8.20. The predicted octanol–water partition coefficient (Wildman–Crippen LogP) is 3.21. The molecule has 6 bridgehead atoms. The summed E-state index contributed by atoms with van der Waals surface area (Å²) in [6.45, 7) is 2.34. The fraction of sp³-hybridized carbons (Fsp3) is 0.500. The maximum Gasteiger partial charge on any atom is 0.278 e. The van der Waals surface area contributed by atoms with Crippen molar-refractivity contribution in [3.05, 3.63) is 41.6 Å². The number of pyridine rings is 1. The van der Waals surface area contributed by atoms with Crippen molar-refractivity contribution in [1.82, 2.24) is 29.4 Å². The first-order valence-corrected chi connectivity index (χ1v) is 14.4. The van der Waals surface area contributed by atoms with Gasteiger partial charge in [0.05, 0.1) is 12.3 Å². The average Bonchev–Trinajstić information content (AvgIpc) is 3.51. The van der Waals surface area contributed by atoms with Gasteiger partial charge >= 0.3 is 0 Å². The van der Waals surface area contributed by atoms with E-state index in [4.69, 9.17) is 4.74 Å². The molecule has 0 radical (unpaired) electrons. The van der Waals surface area contributed by atoms with Crippen LogP contribution in [-0.4, -0.2) is 78.1 Å². The van der Waals surface area contributed by atoms with E-state index >= 15 is 0 Å². The standard InChI is InChI=1S/C26H33N7O3S/c1-32(2)15-26-11-3-4-13-36-22-14-19(10-12-27-22)21-9-8-18-6-5-7-20(18)23(21)28-24-29-25(31-30-24)37(34,35)33(16-26)17-26/h8-10,12,14H,3-7,11,13,15-17H2,1-2H3,(H2,28,29,30,31). The first-order valence-electron chi connectivity index (χ1n) is 12.9. The fourth-order valence-electron chi connectivity index (χ4n) is 6.02. The van der Waals surface area contributed by atoms with Crippen molar-refractivity contribution in [3.8, 4) is 17.0 Å². The van der Waals surface area contributed by atoms with E-state index in [1.54, 1.807) is 6.20 Å². The van der Waals surface area contributed by atoms with Crippen LogP contribution in [0.2, 0.25) is 0 Å². The van der Waals surface area contributed by atoms with Gasteiger partial charge in [0, 0.05) is 42.9 Å². The Bertz CT molecular complexity index is 1410. The van der Waals surface area contributed by atoms with Crippen LogP contribution in [0.5, 0.6) is 5.88 Å². The molecule has 0 spiro atoms. The topological polar surface area (TPSA) is 116 Å². The lowest BCUT2D eigenvalue weighted by Crippen LogP contribution is -2.61. The Kier molecular flexibility index (Phi) is 6.16. The first-order chi connectivity index (χ1) is 17.8. The third kappa shape index (κ3) is 4.60. The largest absolute Gasteiger partial charge is 0.478 e. The van der Waals surface area contributed by atoms with Crippen molar-refractivity contribution in [2.24, 2.45) is 5.41 Å². The highest BCUT2D eigenvalue weighted by molar-refractivity contribution is 7.89. The van der Waals surface area contributed by atoms with Crippen LogP contribution in [0.1, 0.15) is 36.8 Å². The van der Waals surface area contributed by atoms with Gasteiger partial charge in [-0.05, 0) is 75.4 Å². The van der Waals surface area contributed by atoms with Crippen LogP contribution in [0.4, 0.5) is 11.6 Å². The normalized spacial score (nSPS) is 24.6. The van der Waals surface area contributed by atoms with Crippen LogP contribution < -0.4 is 10.1 Å². The van der Waals surface area contributed by atoms with Crippen molar-refractivity contribution in [1.29, 1.82) is 0 Å². The van der Waals surface area contributed by atoms with Gasteiger partial charge < -0.3 is 15.0 Å². The van der Waals surface area contributed by atoms with Crippen molar-refractivity contribution < 1.29 is 13.2 Å². The molecule has 0 amide bonds. The molecule has 11 heteroatoms. The lowest BCUT2D eigenvalue weighted by molar-refractivity contribution is 0.0298. The van der Waals surface area contributed by atoms with E-state index in [1.807, 2.05) is 26.2 Å². The van der Waals surface area contributed by atoms with Crippen LogP contribution >= 0.6 is 0 Å². The number of nitrogens with zero attached hydrogens (tertiary/aromatic N) is 5.